The Hall–Kier alpha value is -5.14. The number of carbonyl (C=O) groups excluding carboxylic acids is 5. The fourth-order valence-electron chi connectivity index (χ4n) is 6.45. The van der Waals surface area contributed by atoms with E-state index in [1.807, 2.05) is 6.08 Å². The molecule has 1 aromatic heterocycles. The van der Waals surface area contributed by atoms with E-state index in [9.17, 15) is 24.0 Å². The highest BCUT2D eigenvalue weighted by Crippen LogP contribution is 2.46. The fourth-order valence-corrected chi connectivity index (χ4v) is 6.45. The Labute approximate surface area is 310 Å². The summed E-state index contributed by atoms with van der Waals surface area (Å²) < 4.78 is 27.6. The molecule has 0 spiro atoms. The number of ether oxygens (including phenoxy) is 5. The van der Waals surface area contributed by atoms with Gasteiger partial charge in [0.15, 0.2) is 5.69 Å². The summed E-state index contributed by atoms with van der Waals surface area (Å²) in [5, 5.41) is 6.17. The maximum atomic E-state index is 14.5. The molecule has 1 aliphatic carbocycles. The average molecular weight is 737 g/mol. The number of hydrogen-bond acceptors (Lipinski definition) is 11. The number of likely N-dealkylation sites (tertiary alicyclic amines) is 1. The van der Waals surface area contributed by atoms with Gasteiger partial charge in [-0.15, -0.1) is 13.2 Å². The van der Waals surface area contributed by atoms with Gasteiger partial charge in [0, 0.05) is 29.9 Å². The first-order chi connectivity index (χ1) is 25.2. The van der Waals surface area contributed by atoms with Gasteiger partial charge in [0.1, 0.15) is 40.8 Å². The average Bonchev–Trinajstić information content (AvgIpc) is 3.68. The molecule has 5 atom stereocenters. The smallest absolute Gasteiger partial charge is 0.408 e. The lowest BCUT2D eigenvalue weighted by molar-refractivity contribution is -0.150. The van der Waals surface area contributed by atoms with Crippen molar-refractivity contribution >= 4 is 40.7 Å². The standard InChI is InChI=1S/C39H52N4O10/c1-9-12-13-14-15-16-28(41-37(48)53-38(4,5)6)34(45)43-23-26(20-31(43)33(44)42-39(22-24(39)10-2)36(47)51-11-3)52-32-21-30(35(46)50-8)40-29-19-25(49-7)17-18-27(29)32/h9-10,17-19,21,24,26,28,31H,1-2,11-16,20,22-23H2,3-8H3,(H,41,48)(H,42,44)/t24?,26-,28+,31+,39-/m1/s1. The van der Waals surface area contributed by atoms with Crippen molar-refractivity contribution in [3.8, 4) is 11.5 Å². The maximum Gasteiger partial charge on any atom is 0.408 e. The summed E-state index contributed by atoms with van der Waals surface area (Å²) in [5.41, 5.74) is -1.73. The first-order valence-electron chi connectivity index (χ1n) is 18.0. The normalized spacial score (nSPS) is 21.2. The van der Waals surface area contributed by atoms with E-state index in [0.717, 1.165) is 19.3 Å². The maximum absolute atomic E-state index is 14.5. The highest BCUT2D eigenvalue weighted by atomic mass is 16.6. The Morgan fingerprint density at radius 2 is 1.85 bits per heavy atom. The van der Waals surface area contributed by atoms with Crippen LogP contribution in [0.3, 0.4) is 0 Å². The number of rotatable bonds is 17. The molecule has 2 fully saturated rings. The van der Waals surface area contributed by atoms with Gasteiger partial charge in [-0.05, 0) is 65.5 Å². The Kier molecular flexibility index (Phi) is 13.5. The summed E-state index contributed by atoms with van der Waals surface area (Å²) in [5.74, 6) is -1.92. The number of amides is 3. The van der Waals surface area contributed by atoms with Crippen LogP contribution in [0.4, 0.5) is 4.79 Å². The number of unbranched alkanes of at least 4 members (excludes halogenated alkanes) is 3. The Morgan fingerprint density at radius 1 is 1.09 bits per heavy atom. The van der Waals surface area contributed by atoms with E-state index in [1.165, 1.54) is 25.2 Å². The molecule has 1 aromatic carbocycles. The fraction of sp³-hybridized carbons (Fsp3) is 0.538. The Bertz CT molecular complexity index is 1700. The predicted molar refractivity (Wildman–Crippen MR) is 196 cm³/mol. The van der Waals surface area contributed by atoms with Crippen molar-refractivity contribution in [3.05, 3.63) is 55.3 Å². The van der Waals surface area contributed by atoms with Gasteiger partial charge in [0.05, 0.1) is 32.9 Å². The molecule has 1 aliphatic heterocycles. The molecule has 3 amide bonds. The zero-order chi connectivity index (χ0) is 38.9. The van der Waals surface area contributed by atoms with Crippen LogP contribution in [-0.2, 0) is 28.6 Å². The highest BCUT2D eigenvalue weighted by molar-refractivity contribution is 5.97. The van der Waals surface area contributed by atoms with Crippen molar-refractivity contribution in [1.82, 2.24) is 20.5 Å². The van der Waals surface area contributed by atoms with Crippen LogP contribution in [0.2, 0.25) is 0 Å². The number of fused-ring (bicyclic) bond motifs is 1. The molecule has 2 aliphatic rings. The summed E-state index contributed by atoms with van der Waals surface area (Å²) >= 11 is 0. The van der Waals surface area contributed by atoms with Crippen LogP contribution in [0.25, 0.3) is 10.9 Å². The third-order valence-electron chi connectivity index (χ3n) is 9.19. The van der Waals surface area contributed by atoms with Crippen molar-refractivity contribution in [3.63, 3.8) is 0 Å². The second-order valence-electron chi connectivity index (χ2n) is 14.2. The van der Waals surface area contributed by atoms with E-state index in [0.29, 0.717) is 29.5 Å². The van der Waals surface area contributed by atoms with Gasteiger partial charge >= 0.3 is 18.0 Å². The molecule has 14 heteroatoms. The van der Waals surface area contributed by atoms with Crippen LogP contribution in [0.5, 0.6) is 11.5 Å². The second kappa shape index (κ2) is 17.6. The molecule has 0 radical (unpaired) electrons. The van der Waals surface area contributed by atoms with Gasteiger partial charge in [0.25, 0.3) is 0 Å². The van der Waals surface area contributed by atoms with Crippen LogP contribution < -0.4 is 20.1 Å². The van der Waals surface area contributed by atoms with E-state index >= 15 is 0 Å². The van der Waals surface area contributed by atoms with Gasteiger partial charge in [-0.25, -0.2) is 19.4 Å². The van der Waals surface area contributed by atoms with E-state index in [2.05, 4.69) is 28.8 Å². The van der Waals surface area contributed by atoms with Crippen molar-refractivity contribution in [1.29, 1.82) is 0 Å². The first-order valence-corrected chi connectivity index (χ1v) is 18.0. The Morgan fingerprint density at radius 3 is 2.47 bits per heavy atom. The number of allylic oxidation sites excluding steroid dienone is 1. The van der Waals surface area contributed by atoms with E-state index in [1.54, 1.807) is 52.0 Å². The largest absolute Gasteiger partial charge is 0.497 e. The minimum absolute atomic E-state index is 0.0119. The number of carbonyl (C=O) groups is 5. The summed E-state index contributed by atoms with van der Waals surface area (Å²) in [6, 6.07) is 4.43. The molecule has 2 heterocycles. The molecular formula is C39H52N4O10. The minimum atomic E-state index is -1.31. The van der Waals surface area contributed by atoms with Crippen molar-refractivity contribution in [2.45, 2.75) is 102 Å². The molecular weight excluding hydrogens is 684 g/mol. The predicted octanol–water partition coefficient (Wildman–Crippen LogP) is 5.03. The topological polar surface area (TPSA) is 172 Å². The third-order valence-corrected chi connectivity index (χ3v) is 9.19. The molecule has 14 nitrogen and oxygen atoms in total. The molecule has 0 bridgehead atoms. The number of nitrogens with one attached hydrogen (secondary N) is 2. The highest BCUT2D eigenvalue weighted by Gasteiger charge is 2.62. The number of pyridine rings is 1. The van der Waals surface area contributed by atoms with Gasteiger partial charge in [-0.1, -0.05) is 25.0 Å². The van der Waals surface area contributed by atoms with Gasteiger partial charge in [-0.2, -0.15) is 0 Å². The third kappa shape index (κ3) is 10.1. The molecule has 53 heavy (non-hydrogen) atoms. The lowest BCUT2D eigenvalue weighted by Crippen LogP contribution is -2.56. The summed E-state index contributed by atoms with van der Waals surface area (Å²) in [7, 11) is 2.75. The van der Waals surface area contributed by atoms with E-state index in [4.69, 9.17) is 23.7 Å². The van der Waals surface area contributed by atoms with E-state index in [-0.39, 0.29) is 43.4 Å². The van der Waals surface area contributed by atoms with Gasteiger partial charge in [0.2, 0.25) is 11.8 Å². The molecule has 2 aromatic rings. The number of alkyl carbamates (subject to hydrolysis) is 1. The molecule has 4 rings (SSSR count). The number of methoxy groups -OCH3 is 2. The Balaban J connectivity index is 1.70. The van der Waals surface area contributed by atoms with E-state index < -0.39 is 59.2 Å². The number of benzene rings is 1. The number of aromatic nitrogens is 1. The molecule has 2 N–H and O–H groups in total. The van der Waals surface area contributed by atoms with Crippen LogP contribution in [-0.4, -0.2) is 96.4 Å². The number of hydrogen-bond donors (Lipinski definition) is 2. The SMILES string of the molecule is C=CCCCCC[C@H](NC(=O)OC(C)(C)C)C(=O)N1C[C@H](Oc2cc(C(=O)OC)nc3cc(OC)ccc23)C[C@H]1C(=O)N[C@]1(C(=O)OCC)CC1C=C. The zero-order valence-corrected chi connectivity index (χ0v) is 31.5. The van der Waals surface area contributed by atoms with Crippen molar-refractivity contribution in [2.24, 2.45) is 5.92 Å². The van der Waals surface area contributed by atoms with Gasteiger partial charge in [-0.3, -0.25) is 9.59 Å². The van der Waals surface area contributed by atoms with Crippen molar-refractivity contribution in [2.75, 3.05) is 27.4 Å². The molecule has 1 saturated heterocycles. The summed E-state index contributed by atoms with van der Waals surface area (Å²) in [6.07, 6.45) is 5.59. The van der Waals surface area contributed by atoms with Gasteiger partial charge < -0.3 is 39.2 Å². The van der Waals surface area contributed by atoms with Crippen LogP contribution in [0.1, 0.15) is 83.1 Å². The minimum Gasteiger partial charge on any atom is -0.497 e. The van der Waals surface area contributed by atoms with Crippen LogP contribution >= 0.6 is 0 Å². The van der Waals surface area contributed by atoms with Crippen molar-refractivity contribution < 1.29 is 47.7 Å². The lowest BCUT2D eigenvalue weighted by Gasteiger charge is -2.30. The molecule has 1 unspecified atom stereocenters. The molecule has 1 saturated carbocycles. The quantitative estimate of drug-likeness (QED) is 0.0966. The number of esters is 2. The summed E-state index contributed by atoms with van der Waals surface area (Å²) in [6.45, 7) is 14.5. The van der Waals surface area contributed by atoms with Crippen LogP contribution in [0.15, 0.2) is 49.6 Å². The zero-order valence-electron chi connectivity index (χ0n) is 31.5. The lowest BCUT2D eigenvalue weighted by atomic mass is 10.0. The summed E-state index contributed by atoms with van der Waals surface area (Å²) in [4.78, 5) is 73.2. The monoisotopic (exact) mass is 736 g/mol. The first kappa shape index (κ1) is 40.6. The molecule has 288 valence electrons. The number of nitrogens with zero attached hydrogens (tertiary/aromatic N) is 2. The second-order valence-corrected chi connectivity index (χ2v) is 14.2. The van der Waals surface area contributed by atoms with Crippen LogP contribution in [0, 0.1) is 5.92 Å².